The van der Waals surface area contributed by atoms with E-state index in [4.69, 9.17) is 4.74 Å². The zero-order valence-electron chi connectivity index (χ0n) is 13.3. The van der Waals surface area contributed by atoms with Crippen LogP contribution in [0.1, 0.15) is 23.0 Å². The van der Waals surface area contributed by atoms with E-state index in [1.807, 2.05) is 42.5 Å². The van der Waals surface area contributed by atoms with Crippen LogP contribution in [-0.4, -0.2) is 28.2 Å². The average Bonchev–Trinajstić information content (AvgIpc) is 3.13. The van der Waals surface area contributed by atoms with Gasteiger partial charge in [-0.2, -0.15) is 5.10 Å². The van der Waals surface area contributed by atoms with E-state index in [2.05, 4.69) is 20.5 Å². The number of ether oxygens (including phenoxy) is 1. The monoisotopic (exact) mass is 322 g/mol. The summed E-state index contributed by atoms with van der Waals surface area (Å²) in [5.74, 6) is 0.579. The fourth-order valence-corrected chi connectivity index (χ4v) is 2.53. The number of carbonyl (C=O) groups is 1. The lowest BCUT2D eigenvalue weighted by atomic mass is 10.0. The number of benzene rings is 1. The Hall–Kier alpha value is -3.15. The number of nitrogens with one attached hydrogen (secondary N) is 2. The van der Waals surface area contributed by atoms with Crippen LogP contribution in [0.2, 0.25) is 0 Å². The second kappa shape index (κ2) is 7.41. The largest absolute Gasteiger partial charge is 0.496 e. The van der Waals surface area contributed by atoms with Crippen LogP contribution in [-0.2, 0) is 11.2 Å². The predicted molar refractivity (Wildman–Crippen MR) is 89.5 cm³/mol. The number of hydrogen-bond donors (Lipinski definition) is 2. The normalized spacial score (nSPS) is 11.7. The number of para-hydroxylation sites is 1. The number of carbonyl (C=O) groups excluding carboxylic acids is 1. The van der Waals surface area contributed by atoms with Crippen LogP contribution in [0.4, 0.5) is 0 Å². The molecule has 24 heavy (non-hydrogen) atoms. The summed E-state index contributed by atoms with van der Waals surface area (Å²) in [4.78, 5) is 16.8. The minimum absolute atomic E-state index is 0.124. The van der Waals surface area contributed by atoms with Crippen LogP contribution in [0.25, 0.3) is 0 Å². The number of aromatic amines is 1. The van der Waals surface area contributed by atoms with E-state index in [0.717, 1.165) is 17.0 Å². The first kappa shape index (κ1) is 15.7. The summed E-state index contributed by atoms with van der Waals surface area (Å²) >= 11 is 0. The topological polar surface area (TPSA) is 79.9 Å². The van der Waals surface area contributed by atoms with Gasteiger partial charge in [0.15, 0.2) is 0 Å². The number of rotatable bonds is 6. The summed E-state index contributed by atoms with van der Waals surface area (Å²) in [6.07, 6.45) is 3.55. The predicted octanol–water partition coefficient (Wildman–Crippen LogP) is 2.26. The third kappa shape index (κ3) is 3.60. The van der Waals surface area contributed by atoms with E-state index in [1.165, 1.54) is 0 Å². The molecule has 1 aromatic carbocycles. The molecule has 0 spiro atoms. The van der Waals surface area contributed by atoms with Crippen molar-refractivity contribution in [3.05, 3.63) is 77.9 Å². The molecule has 6 heteroatoms. The van der Waals surface area contributed by atoms with Gasteiger partial charge >= 0.3 is 0 Å². The molecule has 0 unspecified atom stereocenters. The van der Waals surface area contributed by atoms with Crippen molar-refractivity contribution in [3.63, 3.8) is 0 Å². The van der Waals surface area contributed by atoms with E-state index in [0.29, 0.717) is 5.75 Å². The van der Waals surface area contributed by atoms with Crippen LogP contribution in [0.5, 0.6) is 5.75 Å². The number of hydrogen-bond acceptors (Lipinski definition) is 4. The molecule has 1 amide bonds. The lowest BCUT2D eigenvalue weighted by Crippen LogP contribution is -2.31. The highest BCUT2D eigenvalue weighted by molar-refractivity contribution is 5.79. The molecule has 2 heterocycles. The number of pyridine rings is 1. The van der Waals surface area contributed by atoms with Crippen LogP contribution >= 0.6 is 0 Å². The van der Waals surface area contributed by atoms with Crippen molar-refractivity contribution in [2.75, 3.05) is 7.11 Å². The molecule has 0 radical (unpaired) electrons. The molecule has 0 aliphatic rings. The SMILES string of the molecule is COc1ccccc1[C@@H](NC(=O)Cc1ccn[nH]1)c1ccccn1. The maximum Gasteiger partial charge on any atom is 0.226 e. The Morgan fingerprint density at radius 3 is 2.71 bits per heavy atom. The highest BCUT2D eigenvalue weighted by atomic mass is 16.5. The zero-order chi connectivity index (χ0) is 16.8. The summed E-state index contributed by atoms with van der Waals surface area (Å²) in [6.45, 7) is 0. The number of nitrogens with zero attached hydrogens (tertiary/aromatic N) is 2. The van der Waals surface area contributed by atoms with Crippen molar-refractivity contribution in [1.29, 1.82) is 0 Å². The summed E-state index contributed by atoms with van der Waals surface area (Å²) < 4.78 is 5.44. The minimum Gasteiger partial charge on any atom is -0.496 e. The molecule has 0 bridgehead atoms. The van der Waals surface area contributed by atoms with E-state index in [1.54, 1.807) is 25.6 Å². The van der Waals surface area contributed by atoms with Gasteiger partial charge < -0.3 is 10.1 Å². The van der Waals surface area contributed by atoms with Gasteiger partial charge in [-0.05, 0) is 24.3 Å². The molecule has 0 aliphatic carbocycles. The third-order valence-electron chi connectivity index (χ3n) is 3.65. The van der Waals surface area contributed by atoms with Gasteiger partial charge in [0.2, 0.25) is 5.91 Å². The van der Waals surface area contributed by atoms with Crippen molar-refractivity contribution in [2.45, 2.75) is 12.5 Å². The van der Waals surface area contributed by atoms with Crippen molar-refractivity contribution in [3.8, 4) is 5.75 Å². The minimum atomic E-state index is -0.391. The Bertz CT molecular complexity index is 788. The van der Waals surface area contributed by atoms with Gasteiger partial charge in [-0.3, -0.25) is 14.9 Å². The van der Waals surface area contributed by atoms with Gasteiger partial charge in [0.05, 0.1) is 25.3 Å². The van der Waals surface area contributed by atoms with Gasteiger partial charge in [0.1, 0.15) is 5.75 Å². The number of methoxy groups -OCH3 is 1. The van der Waals surface area contributed by atoms with Gasteiger partial charge in [-0.15, -0.1) is 0 Å². The first-order chi connectivity index (χ1) is 11.8. The molecule has 2 aromatic heterocycles. The van der Waals surface area contributed by atoms with Gasteiger partial charge in [-0.1, -0.05) is 24.3 Å². The second-order valence-electron chi connectivity index (χ2n) is 5.26. The Kier molecular flexibility index (Phi) is 4.86. The summed E-state index contributed by atoms with van der Waals surface area (Å²) in [5.41, 5.74) is 2.36. The Labute approximate surface area is 139 Å². The lowest BCUT2D eigenvalue weighted by molar-refractivity contribution is -0.121. The van der Waals surface area contributed by atoms with E-state index in [9.17, 15) is 4.79 Å². The van der Waals surface area contributed by atoms with E-state index in [-0.39, 0.29) is 12.3 Å². The molecule has 6 nitrogen and oxygen atoms in total. The molecule has 2 N–H and O–H groups in total. The molecular formula is C18H18N4O2. The molecule has 0 aliphatic heterocycles. The quantitative estimate of drug-likeness (QED) is 0.729. The van der Waals surface area contributed by atoms with Crippen LogP contribution in [0, 0.1) is 0 Å². The molecule has 122 valence electrons. The van der Waals surface area contributed by atoms with Crippen molar-refractivity contribution >= 4 is 5.91 Å². The zero-order valence-corrected chi connectivity index (χ0v) is 13.3. The summed E-state index contributed by atoms with van der Waals surface area (Å²) in [5, 5.41) is 9.69. The highest BCUT2D eigenvalue weighted by Gasteiger charge is 2.21. The highest BCUT2D eigenvalue weighted by Crippen LogP contribution is 2.28. The second-order valence-corrected chi connectivity index (χ2v) is 5.26. The number of amides is 1. The van der Waals surface area contributed by atoms with Gasteiger partial charge in [-0.25, -0.2) is 0 Å². The number of H-pyrrole nitrogens is 1. The van der Waals surface area contributed by atoms with Crippen molar-refractivity contribution in [2.24, 2.45) is 0 Å². The fourth-order valence-electron chi connectivity index (χ4n) is 2.53. The van der Waals surface area contributed by atoms with Crippen molar-refractivity contribution < 1.29 is 9.53 Å². The van der Waals surface area contributed by atoms with Gasteiger partial charge in [0.25, 0.3) is 0 Å². The Morgan fingerprint density at radius 1 is 1.17 bits per heavy atom. The number of aromatic nitrogens is 3. The Balaban J connectivity index is 1.89. The van der Waals surface area contributed by atoms with Crippen LogP contribution in [0.3, 0.4) is 0 Å². The molecule has 0 saturated heterocycles. The molecular weight excluding hydrogens is 304 g/mol. The lowest BCUT2D eigenvalue weighted by Gasteiger charge is -2.21. The maximum absolute atomic E-state index is 12.4. The van der Waals surface area contributed by atoms with Gasteiger partial charge in [0, 0.05) is 23.7 Å². The molecule has 0 fully saturated rings. The van der Waals surface area contributed by atoms with Crippen molar-refractivity contribution in [1.82, 2.24) is 20.5 Å². The van der Waals surface area contributed by atoms with E-state index >= 15 is 0 Å². The first-order valence-electron chi connectivity index (χ1n) is 7.59. The molecule has 0 saturated carbocycles. The summed E-state index contributed by atoms with van der Waals surface area (Å²) in [6, 6.07) is 14.6. The molecule has 1 atom stereocenters. The van der Waals surface area contributed by atoms with Crippen LogP contribution < -0.4 is 10.1 Å². The molecule has 3 aromatic rings. The van der Waals surface area contributed by atoms with Crippen LogP contribution in [0.15, 0.2) is 60.9 Å². The molecule has 3 rings (SSSR count). The average molecular weight is 322 g/mol. The fraction of sp³-hybridized carbons (Fsp3) is 0.167. The summed E-state index contributed by atoms with van der Waals surface area (Å²) in [7, 11) is 1.61. The smallest absolute Gasteiger partial charge is 0.226 e. The van der Waals surface area contributed by atoms with E-state index < -0.39 is 6.04 Å². The Morgan fingerprint density at radius 2 is 2.00 bits per heavy atom. The third-order valence-corrected chi connectivity index (χ3v) is 3.65. The maximum atomic E-state index is 12.4. The first-order valence-corrected chi connectivity index (χ1v) is 7.59. The standard InChI is InChI=1S/C18H18N4O2/c1-24-16-8-3-2-6-14(16)18(15-7-4-5-10-19-15)21-17(23)12-13-9-11-20-22-13/h2-11,18H,12H2,1H3,(H,20,22)(H,21,23)/t18-/m1/s1.